The van der Waals surface area contributed by atoms with Crippen LogP contribution >= 0.6 is 0 Å². The van der Waals surface area contributed by atoms with Crippen molar-refractivity contribution in [3.63, 3.8) is 0 Å². The molecule has 0 fully saturated rings. The highest BCUT2D eigenvalue weighted by Gasteiger charge is 2.49. The molecule has 3 aromatic carbocycles. The molecule has 0 aromatic heterocycles. The van der Waals surface area contributed by atoms with Crippen molar-refractivity contribution in [1.29, 1.82) is 0 Å². The summed E-state index contributed by atoms with van der Waals surface area (Å²) in [5, 5.41) is 2.40. The van der Waals surface area contributed by atoms with Gasteiger partial charge in [0.15, 0.2) is 9.84 Å². The van der Waals surface area contributed by atoms with E-state index in [1.807, 2.05) is 31.2 Å². The molecule has 32 heavy (non-hydrogen) atoms. The lowest BCUT2D eigenvalue weighted by atomic mass is 10.2. The van der Waals surface area contributed by atoms with Crippen molar-refractivity contribution < 1.29 is 12.8 Å². The highest BCUT2D eigenvalue weighted by atomic mass is 32.2. The summed E-state index contributed by atoms with van der Waals surface area (Å²) in [5.74, 6) is 0.139. The number of hydrogen-bond donors (Lipinski definition) is 0. The summed E-state index contributed by atoms with van der Waals surface area (Å²) in [5.41, 5.74) is 1.06. The lowest BCUT2D eigenvalue weighted by molar-refractivity contribution is 0.290. The van der Waals surface area contributed by atoms with Gasteiger partial charge >= 0.3 is 0 Å². The molecule has 0 unspecified atom stereocenters. The standard InChI is InChI=1S/C27H34O3SSi/c1-23-17-19-24(20-18-23)31(28,29)22-12-11-21-30-32(27(2,3)4,25-13-7-5-8-14-25)26-15-9-6-10-16-26/h5-10,13-20H,11-12,21-22H2,1-4H3. The molecule has 0 saturated carbocycles. The maximum atomic E-state index is 12.7. The van der Waals surface area contributed by atoms with E-state index in [9.17, 15) is 8.42 Å². The van der Waals surface area contributed by atoms with Gasteiger partial charge in [0.2, 0.25) is 0 Å². The molecule has 170 valence electrons. The largest absolute Gasteiger partial charge is 0.407 e. The fourth-order valence-electron chi connectivity index (χ4n) is 4.24. The van der Waals surface area contributed by atoms with E-state index >= 15 is 0 Å². The molecule has 3 rings (SSSR count). The average molecular weight is 467 g/mol. The minimum Gasteiger partial charge on any atom is -0.407 e. The normalized spacial score (nSPS) is 12.6. The van der Waals surface area contributed by atoms with Gasteiger partial charge in [-0.2, -0.15) is 0 Å². The fourth-order valence-corrected chi connectivity index (χ4v) is 10.2. The quantitative estimate of drug-likeness (QED) is 0.324. The summed E-state index contributed by atoms with van der Waals surface area (Å²) < 4.78 is 32.2. The zero-order chi connectivity index (χ0) is 23.2. The van der Waals surface area contributed by atoms with Gasteiger partial charge < -0.3 is 4.43 Å². The first kappa shape index (κ1) is 24.4. The zero-order valence-corrected chi connectivity index (χ0v) is 21.4. The van der Waals surface area contributed by atoms with Crippen LogP contribution in [0.2, 0.25) is 5.04 Å². The third-order valence-corrected chi connectivity index (χ3v) is 12.8. The molecule has 3 aromatic rings. The molecule has 0 radical (unpaired) electrons. The SMILES string of the molecule is Cc1ccc(S(=O)(=O)CCCCO[Si](c2ccccc2)(c2ccccc2)C(C)(C)C)cc1. The molecule has 0 heterocycles. The van der Waals surface area contributed by atoms with Gasteiger partial charge in [-0.25, -0.2) is 8.42 Å². The van der Waals surface area contributed by atoms with Crippen molar-refractivity contribution >= 4 is 28.5 Å². The Morgan fingerprint density at radius 1 is 0.750 bits per heavy atom. The molecule has 5 heteroatoms. The van der Waals surface area contributed by atoms with Crippen molar-refractivity contribution in [2.24, 2.45) is 0 Å². The Hall–Kier alpha value is -2.21. The number of unbranched alkanes of at least 4 members (excludes halogenated alkanes) is 1. The number of rotatable bonds is 9. The minimum atomic E-state index is -3.27. The van der Waals surface area contributed by atoms with E-state index in [0.29, 0.717) is 24.3 Å². The van der Waals surface area contributed by atoms with Crippen LogP contribution in [0, 0.1) is 6.92 Å². The summed E-state index contributed by atoms with van der Waals surface area (Å²) >= 11 is 0. The van der Waals surface area contributed by atoms with Crippen molar-refractivity contribution in [3.05, 3.63) is 90.5 Å². The Kier molecular flexibility index (Phi) is 7.75. The average Bonchev–Trinajstić information content (AvgIpc) is 2.77. The van der Waals surface area contributed by atoms with E-state index in [1.54, 1.807) is 12.1 Å². The topological polar surface area (TPSA) is 43.4 Å². The summed E-state index contributed by atoms with van der Waals surface area (Å²) in [7, 11) is -5.83. The van der Waals surface area contributed by atoms with Crippen LogP contribution in [-0.2, 0) is 14.3 Å². The number of aryl methyl sites for hydroxylation is 1. The predicted octanol–water partition coefficient (Wildman–Crippen LogP) is 5.13. The molecular weight excluding hydrogens is 432 g/mol. The van der Waals surface area contributed by atoms with Crippen LogP contribution in [0.25, 0.3) is 0 Å². The second kappa shape index (κ2) is 10.2. The predicted molar refractivity (Wildman–Crippen MR) is 136 cm³/mol. The van der Waals surface area contributed by atoms with E-state index in [0.717, 1.165) is 5.56 Å². The van der Waals surface area contributed by atoms with Crippen molar-refractivity contribution in [2.75, 3.05) is 12.4 Å². The van der Waals surface area contributed by atoms with E-state index in [-0.39, 0.29) is 10.8 Å². The van der Waals surface area contributed by atoms with Gasteiger partial charge in [-0.05, 0) is 47.3 Å². The molecule has 0 aliphatic heterocycles. The number of benzene rings is 3. The third-order valence-electron chi connectivity index (χ3n) is 5.92. The van der Waals surface area contributed by atoms with E-state index in [1.165, 1.54) is 10.4 Å². The molecule has 3 nitrogen and oxygen atoms in total. The molecular formula is C27H34O3SSi. The number of sulfone groups is 1. The number of hydrogen-bond acceptors (Lipinski definition) is 3. The van der Waals surface area contributed by atoms with Gasteiger partial charge in [0.25, 0.3) is 8.32 Å². The van der Waals surface area contributed by atoms with Crippen LogP contribution in [0.15, 0.2) is 89.8 Å². The highest BCUT2D eigenvalue weighted by molar-refractivity contribution is 7.91. The van der Waals surface area contributed by atoms with Crippen molar-refractivity contribution in [1.82, 2.24) is 0 Å². The van der Waals surface area contributed by atoms with Crippen LogP contribution in [-0.4, -0.2) is 29.1 Å². The maximum absolute atomic E-state index is 12.7. The van der Waals surface area contributed by atoms with Crippen LogP contribution < -0.4 is 10.4 Å². The molecule has 0 amide bonds. The van der Waals surface area contributed by atoms with Gasteiger partial charge in [-0.15, -0.1) is 0 Å². The second-order valence-electron chi connectivity index (χ2n) is 9.35. The Bertz CT molecular complexity index is 1050. The Morgan fingerprint density at radius 2 is 1.25 bits per heavy atom. The van der Waals surface area contributed by atoms with Crippen LogP contribution in [0.1, 0.15) is 39.2 Å². The Balaban J connectivity index is 1.76. The van der Waals surface area contributed by atoms with E-state index < -0.39 is 18.2 Å². The minimum absolute atomic E-state index is 0.0797. The van der Waals surface area contributed by atoms with E-state index in [2.05, 4.69) is 69.3 Å². The van der Waals surface area contributed by atoms with Gasteiger partial charge in [0.1, 0.15) is 0 Å². The summed E-state index contributed by atoms with van der Waals surface area (Å²) in [6.07, 6.45) is 1.28. The molecule has 0 saturated heterocycles. The van der Waals surface area contributed by atoms with E-state index in [4.69, 9.17) is 4.43 Å². The smallest absolute Gasteiger partial charge is 0.261 e. The first-order valence-corrected chi connectivity index (χ1v) is 14.8. The first-order chi connectivity index (χ1) is 15.2. The van der Waals surface area contributed by atoms with Crippen LogP contribution in [0.3, 0.4) is 0 Å². The lowest BCUT2D eigenvalue weighted by Crippen LogP contribution is -2.66. The monoisotopic (exact) mass is 466 g/mol. The van der Waals surface area contributed by atoms with Gasteiger partial charge in [-0.3, -0.25) is 0 Å². The Labute approximate surface area is 194 Å². The summed E-state index contributed by atoms with van der Waals surface area (Å²) in [6, 6.07) is 28.1. The second-order valence-corrected chi connectivity index (χ2v) is 15.8. The molecule has 0 atom stereocenters. The molecule has 0 spiro atoms. The summed E-state index contributed by atoms with van der Waals surface area (Å²) in [4.78, 5) is 0.399. The molecule has 0 N–H and O–H groups in total. The molecule has 0 aliphatic carbocycles. The van der Waals surface area contributed by atoms with Crippen LogP contribution in [0.4, 0.5) is 0 Å². The summed E-state index contributed by atoms with van der Waals surface area (Å²) in [6.45, 7) is 9.25. The van der Waals surface area contributed by atoms with Crippen molar-refractivity contribution in [2.45, 2.75) is 50.5 Å². The van der Waals surface area contributed by atoms with Crippen molar-refractivity contribution in [3.8, 4) is 0 Å². The maximum Gasteiger partial charge on any atom is 0.261 e. The van der Waals surface area contributed by atoms with Crippen LogP contribution in [0.5, 0.6) is 0 Å². The Morgan fingerprint density at radius 3 is 1.72 bits per heavy atom. The lowest BCUT2D eigenvalue weighted by Gasteiger charge is -2.43. The van der Waals surface area contributed by atoms with Gasteiger partial charge in [0.05, 0.1) is 10.6 Å². The van der Waals surface area contributed by atoms with Gasteiger partial charge in [0, 0.05) is 6.61 Å². The molecule has 0 bridgehead atoms. The highest BCUT2D eigenvalue weighted by Crippen LogP contribution is 2.36. The van der Waals surface area contributed by atoms with Gasteiger partial charge in [-0.1, -0.05) is 99.1 Å². The molecule has 0 aliphatic rings. The zero-order valence-electron chi connectivity index (χ0n) is 19.5. The third kappa shape index (κ3) is 5.40. The first-order valence-electron chi connectivity index (χ1n) is 11.2. The fraction of sp³-hybridized carbons (Fsp3) is 0.333.